The molecule has 1 aliphatic rings. The Hall–Kier alpha value is -0.860. The number of benzene rings is 1. The Balaban J connectivity index is 1.73. The fourth-order valence-electron chi connectivity index (χ4n) is 2.75. The second-order valence-corrected chi connectivity index (χ2v) is 5.68. The predicted molar refractivity (Wildman–Crippen MR) is 77.8 cm³/mol. The van der Waals surface area contributed by atoms with Gasteiger partial charge in [0.15, 0.2) is 0 Å². The highest BCUT2D eigenvalue weighted by atomic mass is 15.1. The van der Waals surface area contributed by atoms with E-state index in [4.69, 9.17) is 0 Å². The molecule has 0 radical (unpaired) electrons. The van der Waals surface area contributed by atoms with Gasteiger partial charge in [-0.1, -0.05) is 37.3 Å². The zero-order valence-electron chi connectivity index (χ0n) is 11.7. The van der Waals surface area contributed by atoms with Crippen LogP contribution in [0.5, 0.6) is 0 Å². The maximum Gasteiger partial charge on any atom is 0.0220 e. The second kappa shape index (κ2) is 6.91. The molecular weight excluding hydrogens is 220 g/mol. The van der Waals surface area contributed by atoms with Crippen LogP contribution in [0.1, 0.15) is 25.3 Å². The fourth-order valence-corrected chi connectivity index (χ4v) is 2.75. The first kappa shape index (κ1) is 13.6. The summed E-state index contributed by atoms with van der Waals surface area (Å²) in [5, 5.41) is 3.66. The lowest BCUT2D eigenvalue weighted by atomic mass is 9.92. The smallest absolute Gasteiger partial charge is 0.0220 e. The highest BCUT2D eigenvalue weighted by Crippen LogP contribution is 2.16. The number of likely N-dealkylation sites (N-methyl/N-ethyl adjacent to an activating group) is 1. The summed E-state index contributed by atoms with van der Waals surface area (Å²) in [7, 11) is 2.24. The van der Waals surface area contributed by atoms with Crippen molar-refractivity contribution < 1.29 is 0 Å². The monoisotopic (exact) mass is 246 g/mol. The summed E-state index contributed by atoms with van der Waals surface area (Å²) >= 11 is 0. The Morgan fingerprint density at radius 1 is 1.28 bits per heavy atom. The quantitative estimate of drug-likeness (QED) is 0.859. The van der Waals surface area contributed by atoms with Crippen LogP contribution >= 0.6 is 0 Å². The van der Waals surface area contributed by atoms with Gasteiger partial charge >= 0.3 is 0 Å². The normalized spacial score (nSPS) is 24.4. The maximum atomic E-state index is 3.66. The largest absolute Gasteiger partial charge is 0.312 e. The van der Waals surface area contributed by atoms with Crippen LogP contribution < -0.4 is 5.32 Å². The van der Waals surface area contributed by atoms with Crippen LogP contribution in [-0.4, -0.2) is 37.6 Å². The molecule has 2 unspecified atom stereocenters. The Morgan fingerprint density at radius 3 is 2.78 bits per heavy atom. The molecule has 1 fully saturated rings. The minimum atomic E-state index is 0.680. The lowest BCUT2D eigenvalue weighted by molar-refractivity contribution is 0.218. The summed E-state index contributed by atoms with van der Waals surface area (Å²) < 4.78 is 0. The van der Waals surface area contributed by atoms with Crippen LogP contribution in [0.4, 0.5) is 0 Å². The molecule has 1 aliphatic heterocycles. The summed E-state index contributed by atoms with van der Waals surface area (Å²) in [5.74, 6) is 0.818. The zero-order valence-corrected chi connectivity index (χ0v) is 11.7. The molecule has 100 valence electrons. The van der Waals surface area contributed by atoms with Gasteiger partial charge in [0, 0.05) is 19.1 Å². The average molecular weight is 246 g/mol. The van der Waals surface area contributed by atoms with Gasteiger partial charge in [0.05, 0.1) is 0 Å². The van der Waals surface area contributed by atoms with E-state index in [1.807, 2.05) is 0 Å². The fraction of sp³-hybridized carbons (Fsp3) is 0.625. The van der Waals surface area contributed by atoms with Crippen LogP contribution in [-0.2, 0) is 6.42 Å². The Labute approximate surface area is 111 Å². The van der Waals surface area contributed by atoms with Gasteiger partial charge in [0.2, 0.25) is 0 Å². The van der Waals surface area contributed by atoms with Crippen molar-refractivity contribution in [2.45, 2.75) is 32.2 Å². The molecule has 1 N–H and O–H groups in total. The van der Waals surface area contributed by atoms with Gasteiger partial charge < -0.3 is 10.2 Å². The molecule has 1 heterocycles. The molecule has 1 saturated heterocycles. The average Bonchev–Trinajstić information content (AvgIpc) is 2.40. The maximum absolute atomic E-state index is 3.66. The molecular formula is C16H26N2. The summed E-state index contributed by atoms with van der Waals surface area (Å²) in [6.45, 7) is 5.90. The van der Waals surface area contributed by atoms with Gasteiger partial charge in [-0.05, 0) is 44.3 Å². The van der Waals surface area contributed by atoms with Crippen molar-refractivity contribution in [3.05, 3.63) is 35.9 Å². The van der Waals surface area contributed by atoms with Crippen molar-refractivity contribution in [2.24, 2.45) is 5.92 Å². The number of rotatable bonds is 5. The van der Waals surface area contributed by atoms with Gasteiger partial charge in [-0.25, -0.2) is 0 Å². The minimum absolute atomic E-state index is 0.680. The third kappa shape index (κ3) is 4.11. The summed E-state index contributed by atoms with van der Waals surface area (Å²) in [6.07, 6.45) is 3.87. The van der Waals surface area contributed by atoms with Gasteiger partial charge in [0.25, 0.3) is 0 Å². The Morgan fingerprint density at radius 2 is 2.06 bits per heavy atom. The van der Waals surface area contributed by atoms with E-state index in [1.165, 1.54) is 31.5 Å². The van der Waals surface area contributed by atoms with E-state index in [9.17, 15) is 0 Å². The summed E-state index contributed by atoms with van der Waals surface area (Å²) in [4.78, 5) is 2.46. The predicted octanol–water partition coefficient (Wildman–Crippen LogP) is 2.55. The number of nitrogens with one attached hydrogen (secondary N) is 1. The van der Waals surface area contributed by atoms with Crippen molar-refractivity contribution in [3.63, 3.8) is 0 Å². The molecule has 2 nitrogen and oxygen atoms in total. The summed E-state index contributed by atoms with van der Waals surface area (Å²) in [5.41, 5.74) is 1.44. The highest BCUT2D eigenvalue weighted by Gasteiger charge is 2.21. The van der Waals surface area contributed by atoms with Crippen molar-refractivity contribution in [1.82, 2.24) is 10.2 Å². The molecule has 0 aliphatic carbocycles. The van der Waals surface area contributed by atoms with E-state index < -0.39 is 0 Å². The van der Waals surface area contributed by atoms with Crippen LogP contribution in [0.25, 0.3) is 0 Å². The first-order valence-electron chi connectivity index (χ1n) is 7.21. The van der Waals surface area contributed by atoms with Crippen molar-refractivity contribution in [1.29, 1.82) is 0 Å². The van der Waals surface area contributed by atoms with Crippen molar-refractivity contribution in [3.8, 4) is 0 Å². The Bertz CT molecular complexity index is 336. The first-order valence-corrected chi connectivity index (χ1v) is 7.21. The van der Waals surface area contributed by atoms with Gasteiger partial charge in [-0.2, -0.15) is 0 Å². The highest BCUT2D eigenvalue weighted by molar-refractivity contribution is 5.14. The van der Waals surface area contributed by atoms with Crippen LogP contribution in [0, 0.1) is 5.92 Å². The van der Waals surface area contributed by atoms with Crippen LogP contribution in [0.2, 0.25) is 0 Å². The topological polar surface area (TPSA) is 15.3 Å². The van der Waals surface area contributed by atoms with Gasteiger partial charge in [0.1, 0.15) is 0 Å². The van der Waals surface area contributed by atoms with E-state index in [0.717, 1.165) is 18.9 Å². The molecule has 2 rings (SSSR count). The minimum Gasteiger partial charge on any atom is -0.312 e. The van der Waals surface area contributed by atoms with E-state index in [-0.39, 0.29) is 0 Å². The third-order valence-corrected chi connectivity index (χ3v) is 4.06. The number of hydrogen-bond acceptors (Lipinski definition) is 2. The first-order chi connectivity index (χ1) is 8.75. The van der Waals surface area contributed by atoms with Gasteiger partial charge in [-0.3, -0.25) is 0 Å². The van der Waals surface area contributed by atoms with Gasteiger partial charge in [-0.15, -0.1) is 0 Å². The van der Waals surface area contributed by atoms with Crippen molar-refractivity contribution >= 4 is 0 Å². The molecule has 18 heavy (non-hydrogen) atoms. The van der Waals surface area contributed by atoms with E-state index >= 15 is 0 Å². The molecule has 0 bridgehead atoms. The van der Waals surface area contributed by atoms with E-state index in [1.54, 1.807) is 0 Å². The molecule has 0 aromatic heterocycles. The third-order valence-electron chi connectivity index (χ3n) is 4.06. The van der Waals surface area contributed by atoms with E-state index in [2.05, 4.69) is 54.5 Å². The zero-order chi connectivity index (χ0) is 12.8. The summed E-state index contributed by atoms with van der Waals surface area (Å²) in [6, 6.07) is 11.4. The van der Waals surface area contributed by atoms with Crippen LogP contribution in [0.3, 0.4) is 0 Å². The van der Waals surface area contributed by atoms with Crippen molar-refractivity contribution in [2.75, 3.05) is 26.7 Å². The molecule has 1 aromatic carbocycles. The molecule has 2 atom stereocenters. The van der Waals surface area contributed by atoms with E-state index in [0.29, 0.717) is 6.04 Å². The number of nitrogens with zero attached hydrogens (tertiary/aromatic N) is 1. The lowest BCUT2D eigenvalue weighted by Crippen LogP contribution is -2.47. The molecule has 0 spiro atoms. The molecule has 0 saturated carbocycles. The number of piperidine rings is 1. The molecule has 2 heteroatoms. The van der Waals surface area contributed by atoms with Crippen LogP contribution in [0.15, 0.2) is 30.3 Å². The standard InChI is InChI=1S/C16H26N2/c1-14-7-6-11-17-16(14)13-18(2)12-10-15-8-4-3-5-9-15/h3-5,8-9,14,16-17H,6-7,10-13H2,1-2H3. The lowest BCUT2D eigenvalue weighted by Gasteiger charge is -2.33. The SMILES string of the molecule is CC1CCCNC1CN(C)CCc1ccccc1. The number of hydrogen-bond donors (Lipinski definition) is 1. The Kier molecular flexibility index (Phi) is 5.21. The molecule has 0 amide bonds. The second-order valence-electron chi connectivity index (χ2n) is 5.68. The molecule has 1 aromatic rings.